The van der Waals surface area contributed by atoms with E-state index in [0.717, 1.165) is 16.7 Å². The number of halogens is 1. The molecule has 0 unspecified atom stereocenters. The molecule has 1 N–H and O–H groups in total. The van der Waals surface area contributed by atoms with Crippen LogP contribution in [-0.4, -0.2) is 19.6 Å². The van der Waals surface area contributed by atoms with Gasteiger partial charge in [-0.1, -0.05) is 41.9 Å². The van der Waals surface area contributed by atoms with Gasteiger partial charge in [-0.05, 0) is 35.7 Å². The Kier molecular flexibility index (Phi) is 6.44. The van der Waals surface area contributed by atoms with E-state index in [2.05, 4.69) is 5.32 Å². The van der Waals surface area contributed by atoms with Crippen LogP contribution in [0, 0.1) is 6.92 Å². The van der Waals surface area contributed by atoms with Crippen LogP contribution in [0.25, 0.3) is 0 Å². The van der Waals surface area contributed by atoms with Crippen LogP contribution in [0.15, 0.2) is 42.5 Å². The van der Waals surface area contributed by atoms with Gasteiger partial charge in [0.05, 0.1) is 11.6 Å². The molecule has 2 rings (SSSR count). The maximum atomic E-state index is 11.9. The highest BCUT2D eigenvalue weighted by molar-refractivity contribution is 6.32. The number of ether oxygens (including phenoxy) is 2. The Morgan fingerprint density at radius 1 is 1.17 bits per heavy atom. The second-order valence-electron chi connectivity index (χ2n) is 5.20. The third kappa shape index (κ3) is 5.27. The zero-order valence-corrected chi connectivity index (χ0v) is 14.0. The summed E-state index contributed by atoms with van der Waals surface area (Å²) in [6, 6.07) is 13.3. The van der Waals surface area contributed by atoms with Crippen molar-refractivity contribution >= 4 is 17.5 Å². The van der Waals surface area contributed by atoms with E-state index in [0.29, 0.717) is 23.9 Å². The zero-order valence-electron chi connectivity index (χ0n) is 13.3. The minimum Gasteiger partial charge on any atom is -0.482 e. The summed E-state index contributed by atoms with van der Waals surface area (Å²) in [5, 5.41) is 3.33. The maximum absolute atomic E-state index is 11.9. The van der Waals surface area contributed by atoms with E-state index in [-0.39, 0.29) is 12.5 Å². The SMILES string of the molecule is COCc1ccccc1CNC(=O)COc1cc(C)ccc1Cl. The van der Waals surface area contributed by atoms with E-state index in [1.54, 1.807) is 13.2 Å². The molecule has 5 heteroatoms. The third-order valence-electron chi connectivity index (χ3n) is 3.34. The van der Waals surface area contributed by atoms with Gasteiger partial charge in [0.25, 0.3) is 5.91 Å². The quantitative estimate of drug-likeness (QED) is 0.843. The highest BCUT2D eigenvalue weighted by atomic mass is 35.5. The molecule has 0 fully saturated rings. The van der Waals surface area contributed by atoms with E-state index in [9.17, 15) is 4.79 Å². The normalized spacial score (nSPS) is 10.4. The Morgan fingerprint density at radius 3 is 2.65 bits per heavy atom. The predicted molar refractivity (Wildman–Crippen MR) is 90.7 cm³/mol. The third-order valence-corrected chi connectivity index (χ3v) is 3.65. The second-order valence-corrected chi connectivity index (χ2v) is 5.61. The van der Waals surface area contributed by atoms with Crippen molar-refractivity contribution in [2.45, 2.75) is 20.1 Å². The highest BCUT2D eigenvalue weighted by Crippen LogP contribution is 2.25. The predicted octanol–water partition coefficient (Wildman–Crippen LogP) is 3.49. The molecule has 0 aromatic heterocycles. The fourth-order valence-corrected chi connectivity index (χ4v) is 2.31. The van der Waals surface area contributed by atoms with E-state index >= 15 is 0 Å². The number of carbonyl (C=O) groups excluding carboxylic acids is 1. The summed E-state index contributed by atoms with van der Waals surface area (Å²) in [5.41, 5.74) is 3.10. The van der Waals surface area contributed by atoms with E-state index in [4.69, 9.17) is 21.1 Å². The summed E-state index contributed by atoms with van der Waals surface area (Å²) in [7, 11) is 1.65. The highest BCUT2D eigenvalue weighted by Gasteiger charge is 2.07. The molecule has 0 aliphatic heterocycles. The Labute approximate surface area is 141 Å². The first-order chi connectivity index (χ1) is 11.1. The number of rotatable bonds is 7. The van der Waals surface area contributed by atoms with Crippen molar-refractivity contribution in [2.24, 2.45) is 0 Å². The smallest absolute Gasteiger partial charge is 0.258 e. The lowest BCUT2D eigenvalue weighted by molar-refractivity contribution is -0.123. The molecule has 0 saturated heterocycles. The standard InChI is InChI=1S/C18H20ClNO3/c1-13-7-8-16(19)17(9-13)23-12-18(21)20-10-14-5-3-4-6-15(14)11-22-2/h3-9H,10-12H2,1-2H3,(H,20,21). The first-order valence-corrected chi connectivity index (χ1v) is 7.69. The van der Waals surface area contributed by atoms with Crippen molar-refractivity contribution < 1.29 is 14.3 Å². The number of aryl methyl sites for hydroxylation is 1. The molecular weight excluding hydrogens is 314 g/mol. The van der Waals surface area contributed by atoms with Crippen LogP contribution >= 0.6 is 11.6 Å². The lowest BCUT2D eigenvalue weighted by atomic mass is 10.1. The Hall–Kier alpha value is -2.04. The van der Waals surface area contributed by atoms with Gasteiger partial charge in [-0.3, -0.25) is 4.79 Å². The summed E-state index contributed by atoms with van der Waals surface area (Å²) >= 11 is 6.04. The Bertz CT molecular complexity index is 673. The Morgan fingerprint density at radius 2 is 1.91 bits per heavy atom. The molecule has 0 aliphatic carbocycles. The number of nitrogens with one attached hydrogen (secondary N) is 1. The van der Waals surface area contributed by atoms with Crippen molar-refractivity contribution in [3.8, 4) is 5.75 Å². The molecule has 2 aromatic carbocycles. The minimum absolute atomic E-state index is 0.0738. The molecule has 0 radical (unpaired) electrons. The molecular formula is C18H20ClNO3. The van der Waals surface area contributed by atoms with E-state index < -0.39 is 0 Å². The molecule has 2 aromatic rings. The number of benzene rings is 2. The molecule has 4 nitrogen and oxygen atoms in total. The fraction of sp³-hybridized carbons (Fsp3) is 0.278. The first kappa shape index (κ1) is 17.3. The van der Waals surface area contributed by atoms with Gasteiger partial charge in [-0.25, -0.2) is 0 Å². The van der Waals surface area contributed by atoms with Crippen molar-refractivity contribution in [3.05, 3.63) is 64.2 Å². The van der Waals surface area contributed by atoms with Gasteiger partial charge in [-0.15, -0.1) is 0 Å². The number of hydrogen-bond acceptors (Lipinski definition) is 3. The van der Waals surface area contributed by atoms with Crippen molar-refractivity contribution in [1.82, 2.24) is 5.32 Å². The van der Waals surface area contributed by atoms with Crippen LogP contribution in [0.1, 0.15) is 16.7 Å². The van der Waals surface area contributed by atoms with Gasteiger partial charge in [0, 0.05) is 13.7 Å². The first-order valence-electron chi connectivity index (χ1n) is 7.31. The van der Waals surface area contributed by atoms with Crippen molar-refractivity contribution in [2.75, 3.05) is 13.7 Å². The van der Waals surface area contributed by atoms with Gasteiger partial charge in [0.2, 0.25) is 0 Å². The average Bonchev–Trinajstić information content (AvgIpc) is 2.55. The Balaban J connectivity index is 1.87. The van der Waals surface area contributed by atoms with Crippen LogP contribution in [0.5, 0.6) is 5.75 Å². The monoisotopic (exact) mass is 333 g/mol. The topological polar surface area (TPSA) is 47.6 Å². The van der Waals surface area contributed by atoms with Gasteiger partial charge < -0.3 is 14.8 Å². The van der Waals surface area contributed by atoms with Gasteiger partial charge in [0.15, 0.2) is 6.61 Å². The van der Waals surface area contributed by atoms with Crippen molar-refractivity contribution in [1.29, 1.82) is 0 Å². The molecule has 1 amide bonds. The van der Waals surface area contributed by atoms with Crippen LogP contribution in [0.4, 0.5) is 0 Å². The molecule has 0 heterocycles. The number of amides is 1. The summed E-state index contributed by atoms with van der Waals surface area (Å²) in [6.07, 6.45) is 0. The van der Waals surface area contributed by atoms with Gasteiger partial charge in [-0.2, -0.15) is 0 Å². The van der Waals surface area contributed by atoms with Gasteiger partial charge >= 0.3 is 0 Å². The molecule has 122 valence electrons. The average molecular weight is 334 g/mol. The minimum atomic E-state index is -0.199. The number of carbonyl (C=O) groups is 1. The van der Waals surface area contributed by atoms with Crippen LogP contribution in [-0.2, 0) is 22.7 Å². The van der Waals surface area contributed by atoms with Crippen LogP contribution in [0.2, 0.25) is 5.02 Å². The molecule has 0 saturated carbocycles. The number of hydrogen-bond donors (Lipinski definition) is 1. The lowest BCUT2D eigenvalue weighted by Crippen LogP contribution is -2.28. The van der Waals surface area contributed by atoms with Crippen molar-refractivity contribution in [3.63, 3.8) is 0 Å². The maximum Gasteiger partial charge on any atom is 0.258 e. The lowest BCUT2D eigenvalue weighted by Gasteiger charge is -2.11. The molecule has 0 aliphatic rings. The number of methoxy groups -OCH3 is 1. The van der Waals surface area contributed by atoms with Gasteiger partial charge in [0.1, 0.15) is 5.75 Å². The van der Waals surface area contributed by atoms with Crippen LogP contribution in [0.3, 0.4) is 0 Å². The second kappa shape index (κ2) is 8.56. The fourth-order valence-electron chi connectivity index (χ4n) is 2.14. The summed E-state index contributed by atoms with van der Waals surface area (Å²) in [4.78, 5) is 11.9. The summed E-state index contributed by atoms with van der Waals surface area (Å²) < 4.78 is 10.6. The van der Waals surface area contributed by atoms with E-state index in [1.165, 1.54) is 0 Å². The molecule has 0 atom stereocenters. The summed E-state index contributed by atoms with van der Waals surface area (Å²) in [6.45, 7) is 2.82. The zero-order chi connectivity index (χ0) is 16.7. The van der Waals surface area contributed by atoms with Crippen LogP contribution < -0.4 is 10.1 Å². The molecule has 0 spiro atoms. The molecule has 0 bridgehead atoms. The van der Waals surface area contributed by atoms with E-state index in [1.807, 2.05) is 43.3 Å². The largest absolute Gasteiger partial charge is 0.482 e. The molecule has 23 heavy (non-hydrogen) atoms. The summed E-state index contributed by atoms with van der Waals surface area (Å²) in [5.74, 6) is 0.316.